The van der Waals surface area contributed by atoms with Crippen LogP contribution in [0, 0.1) is 0 Å². The highest BCUT2D eigenvalue weighted by atomic mass is 32.2. The second-order valence-corrected chi connectivity index (χ2v) is 5.37. The summed E-state index contributed by atoms with van der Waals surface area (Å²) >= 11 is 1.48. The van der Waals surface area contributed by atoms with Crippen molar-refractivity contribution < 1.29 is 14.6 Å². The molecule has 1 aliphatic rings. The smallest absolute Gasteiger partial charge is 0.233 e. The van der Waals surface area contributed by atoms with Gasteiger partial charge >= 0.3 is 0 Å². The van der Waals surface area contributed by atoms with Gasteiger partial charge in [-0.15, -0.1) is 11.8 Å². The molecule has 1 aromatic rings. The topological polar surface area (TPSA) is 62.7 Å². The fraction of sp³-hybridized carbons (Fsp3) is 0.538. The Morgan fingerprint density at radius 2 is 2.26 bits per heavy atom. The van der Waals surface area contributed by atoms with Gasteiger partial charge in [0.25, 0.3) is 0 Å². The van der Waals surface area contributed by atoms with Crippen LogP contribution < -0.4 is 0 Å². The van der Waals surface area contributed by atoms with Crippen molar-refractivity contribution >= 4 is 17.7 Å². The van der Waals surface area contributed by atoms with E-state index in [1.54, 1.807) is 17.3 Å². The molecule has 0 aromatic carbocycles. The highest BCUT2D eigenvalue weighted by Gasteiger charge is 2.33. The lowest BCUT2D eigenvalue weighted by molar-refractivity contribution is -0.132. The summed E-state index contributed by atoms with van der Waals surface area (Å²) in [6.45, 7) is 3.23. The molecule has 1 aromatic heterocycles. The predicted molar refractivity (Wildman–Crippen MR) is 73.0 cm³/mol. The molecule has 0 aliphatic carbocycles. The normalized spacial score (nSPS) is 22.4. The van der Waals surface area contributed by atoms with Crippen molar-refractivity contribution in [2.45, 2.75) is 24.0 Å². The van der Waals surface area contributed by atoms with Gasteiger partial charge in [0.2, 0.25) is 5.91 Å². The quantitative estimate of drug-likeness (QED) is 0.809. The second kappa shape index (κ2) is 6.88. The number of carbonyl (C=O) groups is 1. The number of ether oxygens (including phenoxy) is 1. The maximum absolute atomic E-state index is 12.2. The molecule has 0 radical (unpaired) electrons. The van der Waals surface area contributed by atoms with Crippen LogP contribution in [0.3, 0.4) is 0 Å². The number of aliphatic hydroxyl groups is 1. The molecule has 0 unspecified atom stereocenters. The number of hydrogen-bond donors (Lipinski definition) is 1. The lowest BCUT2D eigenvalue weighted by Gasteiger charge is -2.28. The zero-order valence-corrected chi connectivity index (χ0v) is 11.7. The van der Waals surface area contributed by atoms with Crippen LogP contribution >= 0.6 is 11.8 Å². The number of likely N-dealkylation sites (N-methyl/N-ethyl adjacent to an activating group) is 1. The molecule has 0 spiro atoms. The van der Waals surface area contributed by atoms with Crippen LogP contribution in [0.15, 0.2) is 29.4 Å². The molecule has 1 fully saturated rings. The zero-order chi connectivity index (χ0) is 13.7. The first-order valence-electron chi connectivity index (χ1n) is 6.30. The summed E-state index contributed by atoms with van der Waals surface area (Å²) in [5.74, 6) is 0.389. The number of rotatable bonds is 5. The molecule has 0 bridgehead atoms. The highest BCUT2D eigenvalue weighted by molar-refractivity contribution is 8.00. The maximum atomic E-state index is 12.2. The lowest BCUT2D eigenvalue weighted by Crippen LogP contribution is -2.47. The van der Waals surface area contributed by atoms with Crippen LogP contribution in [0.25, 0.3) is 0 Å². The molecule has 1 aliphatic heterocycles. The standard InChI is InChI=1S/C13H18N2O3S/c1-2-15(11-7-18-8-12(11)16)13(17)9-19-10-3-5-14-6-4-10/h3-6,11-12,16H,2,7-9H2,1H3/t11-,12-/m1/s1. The second-order valence-electron chi connectivity index (χ2n) is 4.32. The minimum Gasteiger partial charge on any atom is -0.388 e. The van der Waals surface area contributed by atoms with E-state index in [2.05, 4.69) is 4.98 Å². The van der Waals surface area contributed by atoms with Crippen molar-refractivity contribution in [2.24, 2.45) is 0 Å². The van der Waals surface area contributed by atoms with Gasteiger partial charge in [-0.1, -0.05) is 0 Å². The molecule has 1 amide bonds. The van der Waals surface area contributed by atoms with Crippen molar-refractivity contribution in [3.05, 3.63) is 24.5 Å². The summed E-state index contributed by atoms with van der Waals surface area (Å²) < 4.78 is 5.21. The number of carbonyl (C=O) groups excluding carboxylic acids is 1. The van der Waals surface area contributed by atoms with Gasteiger partial charge in [0, 0.05) is 23.8 Å². The van der Waals surface area contributed by atoms with Gasteiger partial charge in [-0.3, -0.25) is 9.78 Å². The van der Waals surface area contributed by atoms with Gasteiger partial charge in [0.1, 0.15) is 0 Å². The van der Waals surface area contributed by atoms with Crippen LogP contribution in [0.1, 0.15) is 6.92 Å². The van der Waals surface area contributed by atoms with Gasteiger partial charge in [-0.25, -0.2) is 0 Å². The molecule has 1 N–H and O–H groups in total. The van der Waals surface area contributed by atoms with E-state index in [0.29, 0.717) is 25.5 Å². The van der Waals surface area contributed by atoms with Gasteiger partial charge in [-0.05, 0) is 19.1 Å². The minimum atomic E-state index is -0.574. The number of pyridine rings is 1. The minimum absolute atomic E-state index is 0.0267. The molecular weight excluding hydrogens is 264 g/mol. The Labute approximate surface area is 117 Å². The van der Waals surface area contributed by atoms with Gasteiger partial charge < -0.3 is 14.7 Å². The van der Waals surface area contributed by atoms with E-state index < -0.39 is 6.10 Å². The summed E-state index contributed by atoms with van der Waals surface area (Å²) in [4.78, 5) is 18.9. The number of hydrogen-bond acceptors (Lipinski definition) is 5. The molecular formula is C13H18N2O3S. The van der Waals surface area contributed by atoms with E-state index in [4.69, 9.17) is 4.74 Å². The van der Waals surface area contributed by atoms with E-state index in [1.165, 1.54) is 11.8 Å². The third-order valence-electron chi connectivity index (χ3n) is 3.09. The summed E-state index contributed by atoms with van der Waals surface area (Å²) in [6.07, 6.45) is 2.84. The average molecular weight is 282 g/mol. The Morgan fingerprint density at radius 3 is 2.84 bits per heavy atom. The molecule has 2 rings (SSSR count). The van der Waals surface area contributed by atoms with Gasteiger partial charge in [0.15, 0.2) is 0 Å². The summed E-state index contributed by atoms with van der Waals surface area (Å²) in [6, 6.07) is 3.54. The Balaban J connectivity index is 1.90. The van der Waals surface area contributed by atoms with Gasteiger partial charge in [0.05, 0.1) is 31.1 Å². The Bertz CT molecular complexity index is 416. The summed E-state index contributed by atoms with van der Waals surface area (Å²) in [5, 5.41) is 9.79. The van der Waals surface area contributed by atoms with E-state index >= 15 is 0 Å². The Kier molecular flexibility index (Phi) is 5.18. The first-order valence-corrected chi connectivity index (χ1v) is 7.29. The van der Waals surface area contributed by atoms with Gasteiger partial charge in [-0.2, -0.15) is 0 Å². The maximum Gasteiger partial charge on any atom is 0.233 e. The monoisotopic (exact) mass is 282 g/mol. The van der Waals surface area contributed by atoms with Crippen molar-refractivity contribution in [1.29, 1.82) is 0 Å². The first kappa shape index (κ1) is 14.3. The predicted octanol–water partition coefficient (Wildman–Crippen LogP) is 0.782. The van der Waals surface area contributed by atoms with Crippen molar-refractivity contribution in [3.63, 3.8) is 0 Å². The van der Waals surface area contributed by atoms with E-state index in [-0.39, 0.29) is 11.9 Å². The summed E-state index contributed by atoms with van der Waals surface area (Å²) in [5.41, 5.74) is 0. The largest absolute Gasteiger partial charge is 0.388 e. The molecule has 6 heteroatoms. The molecule has 0 saturated carbocycles. The molecule has 1 saturated heterocycles. The van der Waals surface area contributed by atoms with Crippen molar-refractivity contribution in [2.75, 3.05) is 25.5 Å². The number of nitrogens with zero attached hydrogens (tertiary/aromatic N) is 2. The van der Waals surface area contributed by atoms with E-state index in [1.807, 2.05) is 19.1 Å². The van der Waals surface area contributed by atoms with E-state index in [0.717, 1.165) is 4.90 Å². The molecule has 2 atom stereocenters. The number of amides is 1. The fourth-order valence-corrected chi connectivity index (χ4v) is 2.86. The number of thioether (sulfide) groups is 1. The van der Waals surface area contributed by atoms with Crippen molar-refractivity contribution in [1.82, 2.24) is 9.88 Å². The first-order chi connectivity index (χ1) is 9.22. The average Bonchev–Trinajstić information content (AvgIpc) is 2.85. The van der Waals surface area contributed by atoms with E-state index in [9.17, 15) is 9.90 Å². The molecule has 2 heterocycles. The Morgan fingerprint density at radius 1 is 1.53 bits per heavy atom. The third kappa shape index (κ3) is 3.68. The molecule has 19 heavy (non-hydrogen) atoms. The Hall–Kier alpha value is -1.11. The lowest BCUT2D eigenvalue weighted by atomic mass is 10.2. The van der Waals surface area contributed by atoms with Crippen molar-refractivity contribution in [3.8, 4) is 0 Å². The number of aliphatic hydroxyl groups excluding tert-OH is 1. The number of aromatic nitrogens is 1. The van der Waals surface area contributed by atoms with Crippen LogP contribution in [-0.4, -0.2) is 58.6 Å². The van der Waals surface area contributed by atoms with Crippen LogP contribution in [0.4, 0.5) is 0 Å². The van der Waals surface area contributed by atoms with Crippen LogP contribution in [0.2, 0.25) is 0 Å². The van der Waals surface area contributed by atoms with Crippen LogP contribution in [0.5, 0.6) is 0 Å². The highest BCUT2D eigenvalue weighted by Crippen LogP contribution is 2.19. The zero-order valence-electron chi connectivity index (χ0n) is 10.9. The van der Waals surface area contributed by atoms with Crippen LogP contribution in [-0.2, 0) is 9.53 Å². The third-order valence-corrected chi connectivity index (χ3v) is 4.09. The fourth-order valence-electron chi connectivity index (χ4n) is 2.09. The SMILES string of the molecule is CCN(C(=O)CSc1ccncc1)[C@@H]1COC[C@H]1O. The molecule has 5 nitrogen and oxygen atoms in total. The summed E-state index contributed by atoms with van der Waals surface area (Å²) in [7, 11) is 0. The molecule has 104 valence electrons.